The van der Waals surface area contributed by atoms with Crippen molar-refractivity contribution < 1.29 is 104 Å². The van der Waals surface area contributed by atoms with Crippen molar-refractivity contribution in [2.45, 2.75) is 80.4 Å². The number of hydrogen-bond donors (Lipinski definition) is 11. The lowest BCUT2D eigenvalue weighted by Gasteiger charge is -2.35. The van der Waals surface area contributed by atoms with E-state index in [1.165, 1.54) is 36.5 Å². The zero-order valence-corrected chi connectivity index (χ0v) is 43.9. The molecule has 5 aromatic heterocycles. The van der Waals surface area contributed by atoms with Gasteiger partial charge in [0.1, 0.15) is 50.0 Å². The summed E-state index contributed by atoms with van der Waals surface area (Å²) in [5, 5.41) is 35.5. The Labute approximate surface area is 430 Å². The van der Waals surface area contributed by atoms with E-state index in [4.69, 9.17) is 44.0 Å². The van der Waals surface area contributed by atoms with Crippen molar-refractivity contribution in [2.24, 2.45) is 18.9 Å². The first kappa shape index (κ1) is 58.1. The number of nitrogens with one attached hydrogen (secondary N) is 3. The smallest absolute Gasteiger partial charge is 0.490 e. The number of aromatic nitrogens is 10. The van der Waals surface area contributed by atoms with E-state index in [2.05, 4.69) is 38.9 Å². The van der Waals surface area contributed by atoms with Crippen molar-refractivity contribution >= 4 is 71.1 Å². The minimum atomic E-state index is -6.26. The standard InChI is InChI=1S/C36H51N13O24P4/c1-14(7-19(51)39-2)20-15(69-32(24(20)53)49-13-46(3)22-30(49)44-35(38)45-31(22)55)8-67-75(59,60)72-77(63,64)73-76(61,62)68-10-17-27(26(65-4)34(71-17)48-12-42-21-28(37)40-11-41-29(21)48)74(57,58)66-9-16-23(52)25(54)33(70-16)47-6-5-18(50)43-36(47)56/h5-6,11-17,20,23-27,32-34,52-54H,7-10H2,1-4H3,(H10-,37,38,39,40,41,43,44,45,50,51,55,56,57,58,59,60,61,62,63,64)/t14-,15+,16+,17+,20+,23+,24+,25+,26+,27+,32?,33+,34+/m0/s1. The van der Waals surface area contributed by atoms with Crippen molar-refractivity contribution in [3.8, 4) is 0 Å². The summed E-state index contributed by atoms with van der Waals surface area (Å²) in [6.07, 6.45) is -12.6. The van der Waals surface area contributed by atoms with Gasteiger partial charge in [-0.15, -0.1) is 0 Å². The molecule has 37 nitrogen and oxygen atoms in total. The Morgan fingerprint density at radius 1 is 0.844 bits per heavy atom. The molecule has 1 amide bonds. The molecule has 0 spiro atoms. The van der Waals surface area contributed by atoms with Crippen molar-refractivity contribution in [2.75, 3.05) is 45.4 Å². The third kappa shape index (κ3) is 12.1. The summed E-state index contributed by atoms with van der Waals surface area (Å²) in [5.74, 6) is -2.80. The van der Waals surface area contributed by atoms with Gasteiger partial charge in [-0.05, 0) is 5.92 Å². The molecule has 0 aliphatic carbocycles. The van der Waals surface area contributed by atoms with Gasteiger partial charge in [0.15, 0.2) is 23.9 Å². The van der Waals surface area contributed by atoms with Gasteiger partial charge < -0.3 is 79.7 Å². The maximum absolute atomic E-state index is 14.2. The third-order valence-corrected chi connectivity index (χ3v) is 18.8. The summed E-state index contributed by atoms with van der Waals surface area (Å²) in [7, 11) is -19.9. The molecule has 0 radical (unpaired) electrons. The normalized spacial score (nSPS) is 30.2. The number of nitrogen functional groups attached to an aromatic ring is 2. The summed E-state index contributed by atoms with van der Waals surface area (Å²) >= 11 is 0. The first-order valence-corrected chi connectivity index (χ1v) is 28.6. The largest absolute Gasteiger partial charge is 0.778 e. The van der Waals surface area contributed by atoms with Gasteiger partial charge in [0, 0.05) is 38.8 Å². The number of phosphoric acid groups is 3. The number of methoxy groups -OCH3 is 1. The van der Waals surface area contributed by atoms with Crippen LogP contribution < -0.4 is 43.1 Å². The highest BCUT2D eigenvalue weighted by Gasteiger charge is 2.55. The average molecular weight is 1170 g/mol. The number of nitrogens with zero attached hydrogens (tertiary/aromatic N) is 8. The molecule has 3 aliphatic heterocycles. The lowest BCUT2D eigenvalue weighted by Crippen LogP contribution is -2.40. The van der Waals surface area contributed by atoms with Crippen LogP contribution in [0.3, 0.4) is 0 Å². The van der Waals surface area contributed by atoms with Gasteiger partial charge >= 0.3 is 34.7 Å². The molecule has 17 atom stereocenters. The lowest BCUT2D eigenvalue weighted by molar-refractivity contribution is -0.646. The van der Waals surface area contributed by atoms with Crippen LogP contribution in [0, 0.1) is 11.8 Å². The van der Waals surface area contributed by atoms with Gasteiger partial charge in [-0.1, -0.05) is 6.92 Å². The fourth-order valence-corrected chi connectivity index (χ4v) is 14.5. The molecule has 8 heterocycles. The number of aryl methyl sites for hydroxylation is 1. The van der Waals surface area contributed by atoms with E-state index in [1.807, 2.05) is 4.98 Å². The maximum atomic E-state index is 14.2. The monoisotopic (exact) mass is 1170 g/mol. The van der Waals surface area contributed by atoms with Crippen LogP contribution in [0.4, 0.5) is 11.8 Å². The SMILES string of the molecule is CNC(=O)C[C@H](C)[C@@H]1[C@@H](COP(=O)(O)OP(=O)(O)OP(=O)(O)OC[C@H]2O[C@@H](n3cnc4c(N)ncnc43)[C@H](OC)[C@@H]2P(=O)([O-])OC[C@H]2O[C@@H](n3ccc(=O)[nH]c3=O)[C@H](O)[C@@H]2O)OC(n2c[n+](C)c3c(=O)[nH]c(N)nc32)[C@@H]1O. The van der Waals surface area contributed by atoms with Gasteiger partial charge in [-0.25, -0.2) is 38.0 Å². The topological polar surface area (TPSA) is 530 Å². The quantitative estimate of drug-likeness (QED) is 0.0244. The van der Waals surface area contributed by atoms with Gasteiger partial charge in [-0.3, -0.25) is 42.5 Å². The lowest BCUT2D eigenvalue weighted by atomic mass is 9.83. The molecule has 0 saturated carbocycles. The molecule has 77 heavy (non-hydrogen) atoms. The van der Waals surface area contributed by atoms with Gasteiger partial charge in [-0.2, -0.15) is 18.2 Å². The summed E-state index contributed by atoms with van der Waals surface area (Å²) in [6, 6.07) is 0.913. The van der Waals surface area contributed by atoms with Crippen LogP contribution in [0.25, 0.3) is 22.3 Å². The molecular weight excluding hydrogens is 1120 g/mol. The molecule has 0 aromatic carbocycles. The summed E-state index contributed by atoms with van der Waals surface area (Å²) in [4.78, 5) is 116. The molecule has 5 unspecified atom stereocenters. The average Bonchev–Trinajstić information content (AvgIpc) is 4.15. The Morgan fingerprint density at radius 3 is 2.12 bits per heavy atom. The number of nitrogens with two attached hydrogens (primary N) is 2. The van der Waals surface area contributed by atoms with Gasteiger partial charge in [0.25, 0.3) is 16.7 Å². The predicted molar refractivity (Wildman–Crippen MR) is 250 cm³/mol. The summed E-state index contributed by atoms with van der Waals surface area (Å²) in [5.41, 5.74) is 7.01. The molecule has 41 heteroatoms. The second-order valence-electron chi connectivity index (χ2n) is 17.6. The molecule has 3 fully saturated rings. The van der Waals surface area contributed by atoms with Crippen molar-refractivity contribution in [1.29, 1.82) is 0 Å². The van der Waals surface area contributed by atoms with Crippen molar-refractivity contribution in [1.82, 2.24) is 48.9 Å². The molecule has 3 saturated heterocycles. The molecule has 3 aliphatic rings. The Morgan fingerprint density at radius 2 is 1.47 bits per heavy atom. The molecule has 8 rings (SSSR count). The maximum Gasteiger partial charge on any atom is 0.490 e. The highest BCUT2D eigenvalue weighted by molar-refractivity contribution is 7.66. The number of rotatable bonds is 21. The minimum Gasteiger partial charge on any atom is -0.778 e. The van der Waals surface area contributed by atoms with E-state index in [0.29, 0.717) is 4.57 Å². The second kappa shape index (κ2) is 22.2. The molecule has 5 aromatic rings. The van der Waals surface area contributed by atoms with Crippen LogP contribution in [0.1, 0.15) is 32.0 Å². The van der Waals surface area contributed by atoms with E-state index >= 15 is 0 Å². The number of carbonyl (C=O) groups is 1. The number of amides is 1. The minimum absolute atomic E-state index is 0.0000732. The van der Waals surface area contributed by atoms with E-state index in [0.717, 1.165) is 36.6 Å². The fourth-order valence-electron chi connectivity index (χ4n) is 9.25. The number of hydrogen-bond acceptors (Lipinski definition) is 27. The Kier molecular flexibility index (Phi) is 16.8. The van der Waals surface area contributed by atoms with Gasteiger partial charge in [0.2, 0.25) is 24.4 Å². The van der Waals surface area contributed by atoms with E-state index in [1.54, 1.807) is 0 Å². The van der Waals surface area contributed by atoms with Crippen molar-refractivity contribution in [3.63, 3.8) is 0 Å². The Bertz CT molecular complexity index is 3410. The van der Waals surface area contributed by atoms with Crippen LogP contribution in [0.15, 0.2) is 45.6 Å². The van der Waals surface area contributed by atoms with Crippen molar-refractivity contribution in [3.05, 3.63) is 62.4 Å². The predicted octanol–water partition coefficient (Wildman–Crippen LogP) is -4.41. The highest BCUT2D eigenvalue weighted by Crippen LogP contribution is 2.68. The van der Waals surface area contributed by atoms with Gasteiger partial charge in [0.05, 0.1) is 51.1 Å². The Hall–Kier alpha value is -5.07. The number of aliphatic hydroxyl groups is 3. The highest BCUT2D eigenvalue weighted by atomic mass is 31.3. The number of aromatic amines is 2. The number of aliphatic hydroxyl groups excluding tert-OH is 3. The molecule has 0 bridgehead atoms. The number of phosphoric ester groups is 2. The number of fused-ring (bicyclic) bond motifs is 2. The zero-order chi connectivity index (χ0) is 56.3. The Balaban J connectivity index is 0.973. The summed E-state index contributed by atoms with van der Waals surface area (Å²) in [6.45, 7) is -1.92. The number of anilines is 2. The van der Waals surface area contributed by atoms with Crippen LogP contribution in [-0.4, -0.2) is 162 Å². The fraction of sp³-hybridized carbons (Fsp3) is 0.583. The molecule has 13 N–H and O–H groups in total. The number of H-pyrrole nitrogens is 2. The summed E-state index contributed by atoms with van der Waals surface area (Å²) < 4.78 is 105. The molecule has 424 valence electrons. The van der Waals surface area contributed by atoms with Crippen LogP contribution in [0.5, 0.6) is 0 Å². The first-order chi connectivity index (χ1) is 36.1. The zero-order valence-electron chi connectivity index (χ0n) is 40.3. The van der Waals surface area contributed by atoms with E-state index in [9.17, 15) is 72.3 Å². The van der Waals surface area contributed by atoms with Crippen LogP contribution in [-0.2, 0) is 71.2 Å². The van der Waals surface area contributed by atoms with Crippen LogP contribution >= 0.6 is 31.1 Å². The van der Waals surface area contributed by atoms with Crippen LogP contribution in [0.2, 0.25) is 0 Å². The number of carbonyl (C=O) groups excluding carboxylic acids is 1. The number of imidazole rings is 2. The molecular formula is C36H51N13O24P4. The third-order valence-electron chi connectivity index (χ3n) is 12.6. The van der Waals surface area contributed by atoms with E-state index < -0.39 is 153 Å². The second-order valence-corrected chi connectivity index (χ2v) is 24.2. The van der Waals surface area contributed by atoms with E-state index in [-0.39, 0.29) is 40.5 Å². The first-order valence-electron chi connectivity index (χ1n) is 22.5. The number of ether oxygens (including phenoxy) is 4.